The van der Waals surface area contributed by atoms with Crippen molar-refractivity contribution in [2.45, 2.75) is 37.9 Å². The highest BCUT2D eigenvalue weighted by atomic mass is 16.6. The van der Waals surface area contributed by atoms with Crippen molar-refractivity contribution in [3.8, 4) is 5.75 Å². The lowest BCUT2D eigenvalue weighted by molar-refractivity contribution is -0.119. The van der Waals surface area contributed by atoms with Gasteiger partial charge in [0.25, 0.3) is 11.8 Å². The molecular formula is C22H22N4O9. The summed E-state index contributed by atoms with van der Waals surface area (Å²) in [7, 11) is 0. The number of carbonyl (C=O) groups excluding carboxylic acids is 2. The average molecular weight is 486 g/mol. The van der Waals surface area contributed by atoms with Gasteiger partial charge >= 0.3 is 17.1 Å². The van der Waals surface area contributed by atoms with Crippen molar-refractivity contribution in [1.82, 2.24) is 13.7 Å². The fraction of sp³-hybridized carbons (Fsp3) is 0.409. The molecule has 2 amide bonds. The standard InChI is InChI=1S/C22H22N4O9/c27-14(10-33-15-3-1-13(2-4-15)26-18(28)5-6-19(26)29)7-23-20(30)24(8-16-11-34-16)22(32)25(21(23)31)9-17-12-35-17/h1-6,14,16-17,27H,7-12H2. The van der Waals surface area contributed by atoms with E-state index in [-0.39, 0.29) is 31.9 Å². The van der Waals surface area contributed by atoms with Crippen LogP contribution in [0.15, 0.2) is 50.8 Å². The van der Waals surface area contributed by atoms with Gasteiger partial charge < -0.3 is 19.3 Å². The Morgan fingerprint density at radius 3 is 1.80 bits per heavy atom. The van der Waals surface area contributed by atoms with Gasteiger partial charge in [0.1, 0.15) is 18.5 Å². The Kier molecular flexibility index (Phi) is 5.96. The molecule has 2 saturated heterocycles. The molecule has 1 N–H and O–H groups in total. The topological polar surface area (TPSA) is 158 Å². The average Bonchev–Trinajstić information content (AvgIpc) is 3.77. The maximum atomic E-state index is 12.9. The van der Waals surface area contributed by atoms with Crippen molar-refractivity contribution in [3.05, 3.63) is 67.9 Å². The van der Waals surface area contributed by atoms with Crippen LogP contribution >= 0.6 is 0 Å². The molecule has 0 aliphatic carbocycles. The van der Waals surface area contributed by atoms with Crippen molar-refractivity contribution < 1.29 is 28.9 Å². The number of nitrogens with zero attached hydrogens (tertiary/aromatic N) is 4. The SMILES string of the molecule is O=C1C=CC(=O)N1c1ccc(OCC(O)Cn2c(=O)n(CC3CO3)c(=O)n(CC3CO3)c2=O)cc1. The van der Waals surface area contributed by atoms with E-state index >= 15 is 0 Å². The minimum absolute atomic E-state index is 0.0138. The van der Waals surface area contributed by atoms with Crippen LogP contribution < -0.4 is 26.7 Å². The summed E-state index contributed by atoms with van der Waals surface area (Å²) >= 11 is 0. The number of ether oxygens (including phenoxy) is 3. The Balaban J connectivity index is 1.29. The Bertz CT molecular complexity index is 1290. The maximum absolute atomic E-state index is 12.9. The van der Waals surface area contributed by atoms with Crippen molar-refractivity contribution in [3.63, 3.8) is 0 Å². The Labute approximate surface area is 197 Å². The van der Waals surface area contributed by atoms with Crippen molar-refractivity contribution in [2.24, 2.45) is 0 Å². The zero-order chi connectivity index (χ0) is 24.7. The van der Waals surface area contributed by atoms with Crippen LogP contribution in [0.2, 0.25) is 0 Å². The van der Waals surface area contributed by atoms with E-state index in [1.165, 1.54) is 36.4 Å². The van der Waals surface area contributed by atoms with Crippen LogP contribution in [0.25, 0.3) is 0 Å². The Morgan fingerprint density at radius 2 is 1.31 bits per heavy atom. The first-order valence-electron chi connectivity index (χ1n) is 11.0. The zero-order valence-electron chi connectivity index (χ0n) is 18.4. The molecule has 184 valence electrons. The number of imide groups is 1. The number of aliphatic hydroxyl groups is 1. The molecule has 0 bridgehead atoms. The van der Waals surface area contributed by atoms with E-state index in [1.54, 1.807) is 0 Å². The first-order chi connectivity index (χ1) is 16.8. The molecule has 2 aromatic rings. The summed E-state index contributed by atoms with van der Waals surface area (Å²) in [5, 5.41) is 10.5. The monoisotopic (exact) mass is 486 g/mol. The lowest BCUT2D eigenvalue weighted by Crippen LogP contribution is -2.56. The van der Waals surface area contributed by atoms with E-state index in [0.717, 1.165) is 18.6 Å². The third-order valence-corrected chi connectivity index (χ3v) is 5.70. The smallest absolute Gasteiger partial charge is 0.336 e. The first-order valence-corrected chi connectivity index (χ1v) is 11.0. The second-order valence-electron chi connectivity index (χ2n) is 8.39. The van der Waals surface area contributed by atoms with Gasteiger partial charge in [0.15, 0.2) is 0 Å². The molecule has 3 atom stereocenters. The Hall–Kier alpha value is -3.81. The number of hydrogen-bond donors (Lipinski definition) is 1. The van der Waals surface area contributed by atoms with E-state index in [0.29, 0.717) is 24.7 Å². The number of benzene rings is 1. The van der Waals surface area contributed by atoms with Gasteiger partial charge in [-0.05, 0) is 24.3 Å². The highest BCUT2D eigenvalue weighted by Gasteiger charge is 2.30. The third kappa shape index (κ3) is 4.87. The molecule has 35 heavy (non-hydrogen) atoms. The molecule has 0 radical (unpaired) electrons. The first kappa shape index (κ1) is 23.0. The fourth-order valence-corrected chi connectivity index (χ4v) is 3.71. The predicted molar refractivity (Wildman–Crippen MR) is 118 cm³/mol. The largest absolute Gasteiger partial charge is 0.491 e. The van der Waals surface area contributed by atoms with Gasteiger partial charge in [-0.15, -0.1) is 0 Å². The molecule has 1 aromatic heterocycles. The summed E-state index contributed by atoms with van der Waals surface area (Å²) < 4.78 is 18.4. The fourth-order valence-electron chi connectivity index (χ4n) is 3.71. The van der Waals surface area contributed by atoms with Gasteiger partial charge in [-0.1, -0.05) is 0 Å². The maximum Gasteiger partial charge on any atom is 0.336 e. The van der Waals surface area contributed by atoms with Crippen molar-refractivity contribution in [1.29, 1.82) is 0 Å². The summed E-state index contributed by atoms with van der Waals surface area (Å²) in [4.78, 5) is 63.0. The zero-order valence-corrected chi connectivity index (χ0v) is 18.4. The number of epoxide rings is 2. The predicted octanol–water partition coefficient (Wildman–Crippen LogP) is -2.16. The Morgan fingerprint density at radius 1 is 0.829 bits per heavy atom. The van der Waals surface area contributed by atoms with Gasteiger partial charge in [0, 0.05) is 12.2 Å². The van der Waals surface area contributed by atoms with Gasteiger partial charge in [-0.3, -0.25) is 9.59 Å². The van der Waals surface area contributed by atoms with Crippen LogP contribution in [0, 0.1) is 0 Å². The molecule has 13 nitrogen and oxygen atoms in total. The minimum atomic E-state index is -1.25. The number of aromatic nitrogens is 3. The molecule has 0 saturated carbocycles. The second-order valence-corrected chi connectivity index (χ2v) is 8.39. The molecule has 1 aromatic carbocycles. The molecule has 5 rings (SSSR count). The number of rotatable bonds is 10. The molecule has 3 aliphatic rings. The van der Waals surface area contributed by atoms with Gasteiger partial charge in [0.2, 0.25) is 0 Å². The third-order valence-electron chi connectivity index (χ3n) is 5.70. The summed E-state index contributed by atoms with van der Waals surface area (Å²) in [6.45, 7) is 0.214. The van der Waals surface area contributed by atoms with Crippen LogP contribution in [0.3, 0.4) is 0 Å². The quantitative estimate of drug-likeness (QED) is 0.292. The lowest BCUT2D eigenvalue weighted by Gasteiger charge is -2.17. The number of hydrogen-bond acceptors (Lipinski definition) is 9. The van der Waals surface area contributed by atoms with E-state index in [9.17, 15) is 29.1 Å². The molecule has 2 fully saturated rings. The molecule has 3 unspecified atom stereocenters. The number of carbonyl (C=O) groups is 2. The van der Waals surface area contributed by atoms with Gasteiger partial charge in [0.05, 0.1) is 50.7 Å². The van der Waals surface area contributed by atoms with E-state index < -0.39 is 41.5 Å². The van der Waals surface area contributed by atoms with Crippen LogP contribution in [0.1, 0.15) is 0 Å². The van der Waals surface area contributed by atoms with Crippen LogP contribution in [0.4, 0.5) is 5.69 Å². The number of amides is 2. The van der Waals surface area contributed by atoms with Crippen LogP contribution in [-0.4, -0.2) is 68.8 Å². The van der Waals surface area contributed by atoms with E-state index in [1.807, 2.05) is 0 Å². The van der Waals surface area contributed by atoms with Crippen molar-refractivity contribution in [2.75, 3.05) is 24.7 Å². The summed E-state index contributed by atoms with van der Waals surface area (Å²) in [6, 6.07) is 6.07. The molecule has 4 heterocycles. The normalized spacial score (nSPS) is 21.5. The summed E-state index contributed by atoms with van der Waals surface area (Å²) in [5.41, 5.74) is -2.04. The summed E-state index contributed by atoms with van der Waals surface area (Å²) in [6.07, 6.45) is 0.569. The second kappa shape index (κ2) is 9.09. The lowest BCUT2D eigenvalue weighted by atomic mass is 10.2. The van der Waals surface area contributed by atoms with E-state index in [2.05, 4.69) is 0 Å². The summed E-state index contributed by atoms with van der Waals surface area (Å²) in [5.74, 6) is -0.553. The number of anilines is 1. The van der Waals surface area contributed by atoms with Gasteiger partial charge in [-0.25, -0.2) is 33.0 Å². The number of aliphatic hydroxyl groups excluding tert-OH is 1. The molecule has 3 aliphatic heterocycles. The molecule has 13 heteroatoms. The van der Waals surface area contributed by atoms with Crippen molar-refractivity contribution >= 4 is 17.5 Å². The van der Waals surface area contributed by atoms with Crippen LogP contribution in [0.5, 0.6) is 5.75 Å². The van der Waals surface area contributed by atoms with Crippen LogP contribution in [-0.2, 0) is 38.7 Å². The molecule has 0 spiro atoms. The molecular weight excluding hydrogens is 464 g/mol. The van der Waals surface area contributed by atoms with Gasteiger partial charge in [-0.2, -0.15) is 0 Å². The minimum Gasteiger partial charge on any atom is -0.491 e. The van der Waals surface area contributed by atoms with E-state index in [4.69, 9.17) is 14.2 Å². The highest BCUT2D eigenvalue weighted by Crippen LogP contribution is 2.22. The highest BCUT2D eigenvalue weighted by molar-refractivity contribution is 6.28.